The molecule has 0 aromatic heterocycles. The normalized spacial score (nSPS) is 12.2. The molecule has 6 heteroatoms. The van der Waals surface area contributed by atoms with E-state index in [0.29, 0.717) is 5.56 Å². The highest BCUT2D eigenvalue weighted by molar-refractivity contribution is 7.89. The van der Waals surface area contributed by atoms with E-state index in [2.05, 4.69) is 9.46 Å². The second kappa shape index (κ2) is 5.07. The highest BCUT2D eigenvalue weighted by Gasteiger charge is 2.34. The Hall–Kier alpha value is -1.40. The van der Waals surface area contributed by atoms with Crippen LogP contribution in [0.1, 0.15) is 19.4 Å². The molecule has 1 aromatic rings. The summed E-state index contributed by atoms with van der Waals surface area (Å²) in [6, 6.07) is 6.57. The Kier molecular flexibility index (Phi) is 4.13. The zero-order chi connectivity index (χ0) is 14.0. The summed E-state index contributed by atoms with van der Waals surface area (Å²) in [6.07, 6.45) is 0. The van der Waals surface area contributed by atoms with Crippen molar-refractivity contribution in [3.05, 3.63) is 29.8 Å². The highest BCUT2D eigenvalue weighted by Crippen LogP contribution is 2.17. The Labute approximate surface area is 107 Å². The van der Waals surface area contributed by atoms with Crippen LogP contribution in [-0.4, -0.2) is 27.0 Å². The molecule has 0 heterocycles. The second-order valence-electron chi connectivity index (χ2n) is 4.49. The number of benzene rings is 1. The molecule has 0 aliphatic carbocycles. The van der Waals surface area contributed by atoms with E-state index >= 15 is 0 Å². The Morgan fingerprint density at radius 3 is 2.33 bits per heavy atom. The molecule has 5 nitrogen and oxygen atoms in total. The molecule has 0 aliphatic rings. The summed E-state index contributed by atoms with van der Waals surface area (Å²) in [5.74, 6) is -0.639. The number of rotatable bonds is 4. The maximum absolute atomic E-state index is 12.2. The maximum Gasteiger partial charge on any atom is 0.326 e. The van der Waals surface area contributed by atoms with Gasteiger partial charge in [-0.25, -0.2) is 8.42 Å². The van der Waals surface area contributed by atoms with Crippen LogP contribution in [0.25, 0.3) is 0 Å². The number of esters is 1. The SMILES string of the molecule is COC(=O)C(C)(C)NS(=O)(=O)c1ccccc1C. The molecule has 18 heavy (non-hydrogen) atoms. The van der Waals surface area contributed by atoms with Crippen molar-refractivity contribution in [3.63, 3.8) is 0 Å². The van der Waals surface area contributed by atoms with Gasteiger partial charge in [0.05, 0.1) is 12.0 Å². The van der Waals surface area contributed by atoms with Gasteiger partial charge in [0.2, 0.25) is 10.0 Å². The molecule has 0 aliphatic heterocycles. The van der Waals surface area contributed by atoms with E-state index in [1.165, 1.54) is 27.0 Å². The Bertz CT molecular complexity index is 549. The van der Waals surface area contributed by atoms with Crippen molar-refractivity contribution < 1.29 is 17.9 Å². The van der Waals surface area contributed by atoms with Crippen molar-refractivity contribution >= 4 is 16.0 Å². The van der Waals surface area contributed by atoms with E-state index in [1.54, 1.807) is 25.1 Å². The van der Waals surface area contributed by atoms with Gasteiger partial charge in [-0.1, -0.05) is 18.2 Å². The molecular weight excluding hydrogens is 254 g/mol. The van der Waals surface area contributed by atoms with Crippen LogP contribution in [0.2, 0.25) is 0 Å². The minimum Gasteiger partial charge on any atom is -0.468 e. The standard InChI is InChI=1S/C12H17NO4S/c1-9-7-5-6-8-10(9)18(15,16)13-12(2,3)11(14)17-4/h5-8,13H,1-4H3. The van der Waals surface area contributed by atoms with Crippen molar-refractivity contribution in [2.45, 2.75) is 31.2 Å². The first-order chi connectivity index (χ1) is 8.20. The molecule has 1 N–H and O–H groups in total. The first-order valence-corrected chi connectivity index (χ1v) is 6.87. The van der Waals surface area contributed by atoms with Crippen LogP contribution in [-0.2, 0) is 19.6 Å². The van der Waals surface area contributed by atoms with Gasteiger partial charge in [-0.05, 0) is 32.4 Å². The van der Waals surface area contributed by atoms with Crippen molar-refractivity contribution in [3.8, 4) is 0 Å². The highest BCUT2D eigenvalue weighted by atomic mass is 32.2. The van der Waals surface area contributed by atoms with Crippen LogP contribution in [0.15, 0.2) is 29.2 Å². The number of nitrogens with one attached hydrogen (secondary N) is 1. The van der Waals surface area contributed by atoms with E-state index in [4.69, 9.17) is 0 Å². The second-order valence-corrected chi connectivity index (χ2v) is 6.14. The number of methoxy groups -OCH3 is 1. The number of carbonyl (C=O) groups is 1. The quantitative estimate of drug-likeness (QED) is 0.836. The van der Waals surface area contributed by atoms with Gasteiger partial charge in [0, 0.05) is 0 Å². The smallest absolute Gasteiger partial charge is 0.326 e. The largest absolute Gasteiger partial charge is 0.468 e. The predicted molar refractivity (Wildman–Crippen MR) is 67.6 cm³/mol. The molecule has 0 bridgehead atoms. The molecule has 0 fully saturated rings. The molecule has 0 saturated carbocycles. The molecule has 100 valence electrons. The Balaban J connectivity index is 3.11. The monoisotopic (exact) mass is 271 g/mol. The van der Waals surface area contributed by atoms with Gasteiger partial charge in [0.1, 0.15) is 5.54 Å². The average molecular weight is 271 g/mol. The molecule has 0 amide bonds. The van der Waals surface area contributed by atoms with Crippen LogP contribution in [0.3, 0.4) is 0 Å². The van der Waals surface area contributed by atoms with Crippen LogP contribution in [0.4, 0.5) is 0 Å². The summed E-state index contributed by atoms with van der Waals surface area (Å²) < 4.78 is 31.2. The van der Waals surface area contributed by atoms with E-state index < -0.39 is 21.5 Å². The van der Waals surface area contributed by atoms with Gasteiger partial charge in [-0.3, -0.25) is 4.79 Å². The lowest BCUT2D eigenvalue weighted by molar-refractivity contribution is -0.146. The molecule has 0 saturated heterocycles. The van der Waals surface area contributed by atoms with E-state index in [9.17, 15) is 13.2 Å². The number of hydrogen-bond donors (Lipinski definition) is 1. The summed E-state index contributed by atoms with van der Waals surface area (Å²) in [4.78, 5) is 11.6. The van der Waals surface area contributed by atoms with Crippen molar-refractivity contribution in [2.24, 2.45) is 0 Å². The Morgan fingerprint density at radius 1 is 1.28 bits per heavy atom. The van der Waals surface area contributed by atoms with Gasteiger partial charge < -0.3 is 4.74 Å². The summed E-state index contributed by atoms with van der Waals surface area (Å²) in [7, 11) is -2.54. The topological polar surface area (TPSA) is 72.5 Å². The van der Waals surface area contributed by atoms with E-state index in [1.807, 2.05) is 0 Å². The minimum absolute atomic E-state index is 0.155. The zero-order valence-electron chi connectivity index (χ0n) is 10.9. The molecule has 0 atom stereocenters. The van der Waals surface area contributed by atoms with Crippen LogP contribution in [0, 0.1) is 6.92 Å². The van der Waals surface area contributed by atoms with Crippen molar-refractivity contribution in [2.75, 3.05) is 7.11 Å². The number of ether oxygens (including phenoxy) is 1. The summed E-state index contributed by atoms with van der Waals surface area (Å²) in [6.45, 7) is 4.60. The molecule has 0 unspecified atom stereocenters. The number of sulfonamides is 1. The van der Waals surface area contributed by atoms with Crippen molar-refractivity contribution in [1.29, 1.82) is 0 Å². The third-order valence-electron chi connectivity index (χ3n) is 2.47. The summed E-state index contributed by atoms with van der Waals surface area (Å²) >= 11 is 0. The molecule has 1 aromatic carbocycles. The first-order valence-electron chi connectivity index (χ1n) is 5.39. The Morgan fingerprint density at radius 2 is 1.83 bits per heavy atom. The number of hydrogen-bond acceptors (Lipinski definition) is 4. The van der Waals surface area contributed by atoms with Crippen LogP contribution in [0.5, 0.6) is 0 Å². The van der Waals surface area contributed by atoms with Gasteiger partial charge in [-0.15, -0.1) is 0 Å². The lowest BCUT2D eigenvalue weighted by Gasteiger charge is -2.23. The number of aryl methyl sites for hydroxylation is 1. The number of carbonyl (C=O) groups excluding carboxylic acids is 1. The first kappa shape index (κ1) is 14.7. The lowest BCUT2D eigenvalue weighted by Crippen LogP contribution is -2.50. The van der Waals surface area contributed by atoms with E-state index in [-0.39, 0.29) is 4.90 Å². The maximum atomic E-state index is 12.2. The fourth-order valence-corrected chi connectivity index (χ4v) is 3.16. The third-order valence-corrected chi connectivity index (χ3v) is 4.28. The van der Waals surface area contributed by atoms with Crippen LogP contribution < -0.4 is 4.72 Å². The summed E-state index contributed by atoms with van der Waals surface area (Å²) in [5.41, 5.74) is -0.693. The van der Waals surface area contributed by atoms with Gasteiger partial charge in [0.25, 0.3) is 0 Å². The average Bonchev–Trinajstić information content (AvgIpc) is 2.26. The predicted octanol–water partition coefficient (Wildman–Crippen LogP) is 1.22. The fourth-order valence-electron chi connectivity index (χ4n) is 1.55. The minimum atomic E-state index is -3.75. The molecular formula is C12H17NO4S. The lowest BCUT2D eigenvalue weighted by atomic mass is 10.1. The van der Waals surface area contributed by atoms with E-state index in [0.717, 1.165) is 0 Å². The fraction of sp³-hybridized carbons (Fsp3) is 0.417. The molecule has 0 radical (unpaired) electrons. The molecule has 0 spiro atoms. The van der Waals surface area contributed by atoms with Crippen LogP contribution >= 0.6 is 0 Å². The zero-order valence-corrected chi connectivity index (χ0v) is 11.7. The van der Waals surface area contributed by atoms with Gasteiger partial charge >= 0.3 is 5.97 Å². The van der Waals surface area contributed by atoms with Gasteiger partial charge in [0.15, 0.2) is 0 Å². The molecule has 1 rings (SSSR count). The van der Waals surface area contributed by atoms with Gasteiger partial charge in [-0.2, -0.15) is 4.72 Å². The third kappa shape index (κ3) is 3.08. The summed E-state index contributed by atoms with van der Waals surface area (Å²) in [5, 5.41) is 0. The van der Waals surface area contributed by atoms with Crippen molar-refractivity contribution in [1.82, 2.24) is 4.72 Å².